The Morgan fingerprint density at radius 2 is 2.24 bits per heavy atom. The average Bonchev–Trinajstić information content (AvgIpc) is 2.45. The Balaban J connectivity index is 2.60. The van der Waals surface area contributed by atoms with Gasteiger partial charge in [0.1, 0.15) is 4.90 Å². The smallest absolute Gasteiger partial charge is 0.244 e. The number of hydrogen-bond donors (Lipinski definition) is 1. The van der Waals surface area contributed by atoms with Crippen LogP contribution in [0.25, 0.3) is 0 Å². The van der Waals surface area contributed by atoms with Crippen LogP contribution in [-0.4, -0.2) is 57.0 Å². The predicted molar refractivity (Wildman–Crippen MR) is 78.2 cm³/mol. The van der Waals surface area contributed by atoms with Gasteiger partial charge in [0, 0.05) is 39.2 Å². The molecule has 0 saturated carbocycles. The second kappa shape index (κ2) is 8.06. The number of nitrogens with zero attached hydrogens (tertiary/aromatic N) is 2. The summed E-state index contributed by atoms with van der Waals surface area (Å²) in [5.41, 5.74) is 0. The molecule has 0 bridgehead atoms. The number of nitrogens with one attached hydrogen (secondary N) is 1. The molecule has 1 heterocycles. The van der Waals surface area contributed by atoms with E-state index in [2.05, 4.69) is 10.3 Å². The van der Waals surface area contributed by atoms with Crippen LogP contribution >= 0.6 is 0 Å². The largest absolute Gasteiger partial charge is 0.385 e. The highest BCUT2D eigenvalue weighted by Gasteiger charge is 2.23. The van der Waals surface area contributed by atoms with Crippen molar-refractivity contribution in [3.8, 4) is 0 Å². The molecule has 0 aliphatic heterocycles. The molecule has 7 nitrogen and oxygen atoms in total. The lowest BCUT2D eigenvalue weighted by molar-refractivity contribution is -0.121. The zero-order chi connectivity index (χ0) is 15.9. The number of pyridine rings is 1. The number of rotatable bonds is 8. The van der Waals surface area contributed by atoms with Crippen LogP contribution < -0.4 is 5.32 Å². The first-order chi connectivity index (χ1) is 9.87. The van der Waals surface area contributed by atoms with Crippen LogP contribution in [0, 0.1) is 0 Å². The number of carbonyl (C=O) groups is 1. The number of hydrogen-bond acceptors (Lipinski definition) is 5. The molecule has 0 radical (unpaired) electrons. The summed E-state index contributed by atoms with van der Waals surface area (Å²) >= 11 is 0. The van der Waals surface area contributed by atoms with Crippen LogP contribution in [-0.2, 0) is 19.6 Å². The number of methoxy groups -OCH3 is 1. The molecular weight excluding hydrogens is 294 g/mol. The number of aromatic nitrogens is 1. The number of sulfonamides is 1. The van der Waals surface area contributed by atoms with Gasteiger partial charge < -0.3 is 10.1 Å². The molecule has 1 amide bonds. The van der Waals surface area contributed by atoms with E-state index in [1.165, 1.54) is 31.6 Å². The number of likely N-dealkylation sites (N-methyl/N-ethyl adjacent to an activating group) is 1. The molecule has 0 fully saturated rings. The first kappa shape index (κ1) is 17.5. The van der Waals surface area contributed by atoms with E-state index in [9.17, 15) is 13.2 Å². The summed E-state index contributed by atoms with van der Waals surface area (Å²) in [4.78, 5) is 15.7. The first-order valence-electron chi connectivity index (χ1n) is 6.52. The molecule has 118 valence electrons. The summed E-state index contributed by atoms with van der Waals surface area (Å²) in [6.07, 6.45) is 3.41. The van der Waals surface area contributed by atoms with Crippen molar-refractivity contribution in [3.05, 3.63) is 24.5 Å². The average molecular weight is 315 g/mol. The van der Waals surface area contributed by atoms with Crippen molar-refractivity contribution >= 4 is 15.9 Å². The van der Waals surface area contributed by atoms with Gasteiger partial charge in [0.05, 0.1) is 6.54 Å². The van der Waals surface area contributed by atoms with E-state index in [1.807, 2.05) is 6.92 Å². The Morgan fingerprint density at radius 1 is 1.52 bits per heavy atom. The van der Waals surface area contributed by atoms with Gasteiger partial charge in [-0.1, -0.05) is 0 Å². The second-order valence-corrected chi connectivity index (χ2v) is 6.74. The molecule has 0 aromatic carbocycles. The highest BCUT2D eigenvalue weighted by Crippen LogP contribution is 2.11. The maximum Gasteiger partial charge on any atom is 0.244 e. The summed E-state index contributed by atoms with van der Waals surface area (Å²) in [5, 5.41) is 2.73. The fourth-order valence-electron chi connectivity index (χ4n) is 1.65. The number of ether oxygens (including phenoxy) is 1. The maximum absolute atomic E-state index is 12.2. The van der Waals surface area contributed by atoms with Crippen molar-refractivity contribution in [1.29, 1.82) is 0 Å². The van der Waals surface area contributed by atoms with Gasteiger partial charge in [-0.25, -0.2) is 8.42 Å². The third-order valence-corrected chi connectivity index (χ3v) is 4.66. The standard InChI is InChI=1S/C13H21N3O4S/c1-11(6-8-20-3)15-13(17)10-16(2)21(18,19)12-5-4-7-14-9-12/h4-5,7,9,11H,6,8,10H2,1-3H3,(H,15,17)/t11-/m1/s1. The van der Waals surface area contributed by atoms with Gasteiger partial charge >= 0.3 is 0 Å². The molecule has 1 N–H and O–H groups in total. The number of amides is 1. The molecule has 21 heavy (non-hydrogen) atoms. The highest BCUT2D eigenvalue weighted by atomic mass is 32.2. The van der Waals surface area contributed by atoms with Gasteiger partial charge in [-0.05, 0) is 25.5 Å². The van der Waals surface area contributed by atoms with Gasteiger partial charge in [0.25, 0.3) is 0 Å². The maximum atomic E-state index is 12.2. The molecule has 0 spiro atoms. The molecule has 0 aliphatic carbocycles. The van der Waals surface area contributed by atoms with E-state index in [0.717, 1.165) is 4.31 Å². The summed E-state index contributed by atoms with van der Waals surface area (Å²) in [6, 6.07) is 2.90. The van der Waals surface area contributed by atoms with Crippen molar-refractivity contribution in [2.45, 2.75) is 24.3 Å². The Hall–Kier alpha value is -1.51. The molecule has 8 heteroatoms. The van der Waals surface area contributed by atoms with Gasteiger partial charge in [-0.15, -0.1) is 0 Å². The molecule has 1 rings (SSSR count). The molecule has 1 aromatic rings. The normalized spacial score (nSPS) is 13.1. The van der Waals surface area contributed by atoms with E-state index < -0.39 is 10.0 Å². The summed E-state index contributed by atoms with van der Waals surface area (Å²) < 4.78 is 30.3. The molecule has 1 atom stereocenters. The van der Waals surface area contributed by atoms with E-state index in [0.29, 0.717) is 13.0 Å². The Morgan fingerprint density at radius 3 is 2.81 bits per heavy atom. The SMILES string of the molecule is COCC[C@@H](C)NC(=O)CN(C)S(=O)(=O)c1cccnc1. The van der Waals surface area contributed by atoms with Crippen molar-refractivity contribution < 1.29 is 17.9 Å². The number of carbonyl (C=O) groups excluding carboxylic acids is 1. The fourth-order valence-corrected chi connectivity index (χ4v) is 2.75. The summed E-state index contributed by atoms with van der Waals surface area (Å²) in [6.45, 7) is 2.13. The van der Waals surface area contributed by atoms with Crippen LogP contribution in [0.15, 0.2) is 29.4 Å². The molecular formula is C13H21N3O4S. The molecule has 0 aliphatic rings. The highest BCUT2D eigenvalue weighted by molar-refractivity contribution is 7.89. The van der Waals surface area contributed by atoms with Crippen LogP contribution in [0.2, 0.25) is 0 Å². The third-order valence-electron chi connectivity index (χ3n) is 2.87. The lowest BCUT2D eigenvalue weighted by Crippen LogP contribution is -2.42. The van der Waals surface area contributed by atoms with Gasteiger partial charge in [-0.3, -0.25) is 9.78 Å². The van der Waals surface area contributed by atoms with E-state index in [1.54, 1.807) is 7.11 Å². The molecule has 1 aromatic heterocycles. The van der Waals surface area contributed by atoms with Gasteiger partial charge in [0.15, 0.2) is 0 Å². The van der Waals surface area contributed by atoms with Crippen molar-refractivity contribution in [3.63, 3.8) is 0 Å². The van der Waals surface area contributed by atoms with E-state index >= 15 is 0 Å². The van der Waals surface area contributed by atoms with Gasteiger partial charge in [-0.2, -0.15) is 4.31 Å². The van der Waals surface area contributed by atoms with Crippen molar-refractivity contribution in [2.75, 3.05) is 27.3 Å². The second-order valence-electron chi connectivity index (χ2n) is 4.70. The fraction of sp³-hybridized carbons (Fsp3) is 0.538. The molecule has 0 unspecified atom stereocenters. The van der Waals surface area contributed by atoms with Crippen LogP contribution in [0.4, 0.5) is 0 Å². The zero-order valence-electron chi connectivity index (χ0n) is 12.4. The summed E-state index contributed by atoms with van der Waals surface area (Å²) in [5.74, 6) is -0.353. The minimum absolute atomic E-state index is 0.0627. The van der Waals surface area contributed by atoms with Crippen LogP contribution in [0.3, 0.4) is 0 Å². The third kappa shape index (κ3) is 5.41. The topological polar surface area (TPSA) is 88.6 Å². The van der Waals surface area contributed by atoms with Crippen LogP contribution in [0.5, 0.6) is 0 Å². The first-order valence-corrected chi connectivity index (χ1v) is 7.96. The Kier molecular flexibility index (Phi) is 6.73. The van der Waals surface area contributed by atoms with E-state index in [-0.39, 0.29) is 23.4 Å². The lowest BCUT2D eigenvalue weighted by atomic mass is 10.2. The van der Waals surface area contributed by atoms with E-state index in [4.69, 9.17) is 4.74 Å². The quantitative estimate of drug-likeness (QED) is 0.742. The van der Waals surface area contributed by atoms with Crippen molar-refractivity contribution in [2.24, 2.45) is 0 Å². The zero-order valence-corrected chi connectivity index (χ0v) is 13.3. The minimum atomic E-state index is -3.70. The molecule has 0 saturated heterocycles. The van der Waals surface area contributed by atoms with Crippen molar-refractivity contribution in [1.82, 2.24) is 14.6 Å². The van der Waals surface area contributed by atoms with Gasteiger partial charge in [0.2, 0.25) is 15.9 Å². The minimum Gasteiger partial charge on any atom is -0.385 e. The Labute approximate surface area is 125 Å². The lowest BCUT2D eigenvalue weighted by Gasteiger charge is -2.19. The monoisotopic (exact) mass is 315 g/mol. The predicted octanol–water partition coefficient (Wildman–Crippen LogP) is 0.243. The Bertz CT molecular complexity index is 548. The summed E-state index contributed by atoms with van der Waals surface area (Å²) in [7, 11) is -0.753. The van der Waals surface area contributed by atoms with Crippen LogP contribution in [0.1, 0.15) is 13.3 Å².